The molecule has 10 nitrogen and oxygen atoms in total. The maximum atomic E-state index is 13.4. The zero-order chi connectivity index (χ0) is 28.2. The fourth-order valence-corrected chi connectivity index (χ4v) is 6.14. The topological polar surface area (TPSA) is 108 Å². The Morgan fingerprint density at radius 1 is 1.10 bits per heavy atom. The van der Waals surface area contributed by atoms with Crippen molar-refractivity contribution >= 4 is 38.5 Å². The largest absolute Gasteiger partial charge is 0.436 e. The summed E-state index contributed by atoms with van der Waals surface area (Å²) < 4.78 is 26.5. The molecule has 2 aromatic carbocycles. The van der Waals surface area contributed by atoms with Crippen LogP contribution in [0, 0.1) is 5.82 Å². The second-order valence-corrected chi connectivity index (χ2v) is 11.2. The van der Waals surface area contributed by atoms with E-state index in [2.05, 4.69) is 37.3 Å². The second kappa shape index (κ2) is 12.5. The number of aromatic nitrogens is 3. The molecule has 2 atom stereocenters. The van der Waals surface area contributed by atoms with Gasteiger partial charge in [-0.05, 0) is 49.6 Å². The van der Waals surface area contributed by atoms with Crippen molar-refractivity contribution in [3.05, 3.63) is 59.9 Å². The highest BCUT2D eigenvalue weighted by atomic mass is 32.1. The van der Waals surface area contributed by atoms with E-state index in [0.29, 0.717) is 34.8 Å². The molecule has 2 aliphatic rings. The van der Waals surface area contributed by atoms with Crippen molar-refractivity contribution in [3.8, 4) is 11.6 Å². The van der Waals surface area contributed by atoms with Crippen molar-refractivity contribution in [3.63, 3.8) is 0 Å². The van der Waals surface area contributed by atoms with Crippen molar-refractivity contribution in [1.29, 1.82) is 0 Å². The lowest BCUT2D eigenvalue weighted by Crippen LogP contribution is -2.47. The summed E-state index contributed by atoms with van der Waals surface area (Å²) in [4.78, 5) is 18.8. The highest BCUT2D eigenvalue weighted by Gasteiger charge is 2.24. The van der Waals surface area contributed by atoms with Gasteiger partial charge in [-0.3, -0.25) is 4.90 Å². The molecule has 0 saturated carbocycles. The summed E-state index contributed by atoms with van der Waals surface area (Å²) in [5.41, 5.74) is 1.80. The molecule has 2 saturated heterocycles. The van der Waals surface area contributed by atoms with Crippen LogP contribution in [0.4, 0.5) is 21.3 Å². The van der Waals surface area contributed by atoms with Gasteiger partial charge in [-0.15, -0.1) is 0 Å². The SMILES string of the molecule is C[C@H](c1ccc(F)cc1)N1CCN(c2cc(Oc3cccc4sc(NCO)nc34)nc(NCC3CCCO3)n2)CC1. The van der Waals surface area contributed by atoms with Gasteiger partial charge in [0.15, 0.2) is 10.9 Å². The van der Waals surface area contributed by atoms with E-state index >= 15 is 0 Å². The monoisotopic (exact) mass is 579 g/mol. The van der Waals surface area contributed by atoms with Gasteiger partial charge in [0.2, 0.25) is 11.8 Å². The van der Waals surface area contributed by atoms with Gasteiger partial charge >= 0.3 is 0 Å². The molecule has 2 aromatic heterocycles. The third-order valence-corrected chi connectivity index (χ3v) is 8.54. The third kappa shape index (κ3) is 6.51. The average Bonchev–Trinajstić information content (AvgIpc) is 3.67. The molecule has 0 amide bonds. The maximum Gasteiger partial charge on any atom is 0.228 e. The molecular weight excluding hydrogens is 545 g/mol. The first-order chi connectivity index (χ1) is 20.1. The van der Waals surface area contributed by atoms with Crippen molar-refractivity contribution in [1.82, 2.24) is 19.9 Å². The minimum absolute atomic E-state index is 0.143. The van der Waals surface area contributed by atoms with Gasteiger partial charge in [-0.25, -0.2) is 9.37 Å². The zero-order valence-electron chi connectivity index (χ0n) is 22.9. The van der Waals surface area contributed by atoms with E-state index in [1.807, 2.05) is 36.4 Å². The van der Waals surface area contributed by atoms with Crippen LogP contribution in [-0.2, 0) is 4.74 Å². The third-order valence-electron chi connectivity index (χ3n) is 7.57. The summed E-state index contributed by atoms with van der Waals surface area (Å²) in [7, 11) is 0. The Morgan fingerprint density at radius 2 is 1.93 bits per heavy atom. The van der Waals surface area contributed by atoms with Crippen molar-refractivity contribution in [2.75, 3.05) is 61.6 Å². The maximum absolute atomic E-state index is 13.4. The molecule has 0 aliphatic carbocycles. The van der Waals surface area contributed by atoms with Crippen molar-refractivity contribution < 1.29 is 19.0 Å². The number of fused-ring (bicyclic) bond motifs is 1. The van der Waals surface area contributed by atoms with Crippen molar-refractivity contribution in [2.45, 2.75) is 31.9 Å². The first kappa shape index (κ1) is 27.6. The van der Waals surface area contributed by atoms with Gasteiger partial charge < -0.3 is 30.1 Å². The fraction of sp³-hybridized carbons (Fsp3) is 0.414. The van der Waals surface area contributed by atoms with Crippen molar-refractivity contribution in [2.24, 2.45) is 0 Å². The minimum Gasteiger partial charge on any atom is -0.436 e. The summed E-state index contributed by atoms with van der Waals surface area (Å²) in [5, 5.41) is 16.1. The highest BCUT2D eigenvalue weighted by molar-refractivity contribution is 7.22. The summed E-state index contributed by atoms with van der Waals surface area (Å²) in [6.07, 6.45) is 2.22. The van der Waals surface area contributed by atoms with Crippen LogP contribution >= 0.6 is 11.3 Å². The molecule has 3 N–H and O–H groups in total. The Hall–Kier alpha value is -3.58. The minimum atomic E-state index is -0.218. The van der Waals surface area contributed by atoms with E-state index in [1.165, 1.54) is 23.5 Å². The molecule has 4 aromatic rings. The Kier molecular flexibility index (Phi) is 8.42. The molecule has 216 valence electrons. The number of benzene rings is 2. The van der Waals surface area contributed by atoms with Gasteiger partial charge in [0.05, 0.1) is 10.8 Å². The first-order valence-electron chi connectivity index (χ1n) is 14.0. The number of rotatable bonds is 10. The number of anilines is 3. The van der Waals surface area contributed by atoms with E-state index in [1.54, 1.807) is 0 Å². The smallest absolute Gasteiger partial charge is 0.228 e. The molecule has 2 aliphatic heterocycles. The number of aliphatic hydroxyl groups is 1. The normalized spacial score (nSPS) is 18.5. The quantitative estimate of drug-likeness (QED) is 0.226. The number of hydrogen-bond donors (Lipinski definition) is 3. The molecule has 0 spiro atoms. The number of nitrogens with one attached hydrogen (secondary N) is 2. The number of ether oxygens (including phenoxy) is 2. The molecule has 4 heterocycles. The average molecular weight is 580 g/mol. The predicted octanol–water partition coefficient (Wildman–Crippen LogP) is 4.85. The molecule has 12 heteroatoms. The van der Waals surface area contributed by atoms with Gasteiger partial charge in [0, 0.05) is 51.4 Å². The van der Waals surface area contributed by atoms with E-state index < -0.39 is 0 Å². The molecule has 0 bridgehead atoms. The number of piperazine rings is 1. The van der Waals surface area contributed by atoms with Gasteiger partial charge in [-0.1, -0.05) is 29.5 Å². The van der Waals surface area contributed by atoms with E-state index in [0.717, 1.165) is 61.7 Å². The van der Waals surface area contributed by atoms with Crippen LogP contribution < -0.4 is 20.3 Å². The predicted molar refractivity (Wildman–Crippen MR) is 158 cm³/mol. The van der Waals surface area contributed by atoms with Crippen LogP contribution in [0.5, 0.6) is 11.6 Å². The van der Waals surface area contributed by atoms with E-state index in [-0.39, 0.29) is 24.7 Å². The van der Waals surface area contributed by atoms with E-state index in [9.17, 15) is 9.50 Å². The number of nitrogens with zero attached hydrogens (tertiary/aromatic N) is 5. The highest BCUT2D eigenvalue weighted by Crippen LogP contribution is 2.35. The van der Waals surface area contributed by atoms with Crippen LogP contribution in [0.3, 0.4) is 0 Å². The van der Waals surface area contributed by atoms with Gasteiger partial charge in [-0.2, -0.15) is 9.97 Å². The molecule has 1 unspecified atom stereocenters. The van der Waals surface area contributed by atoms with Gasteiger partial charge in [0.25, 0.3) is 0 Å². The number of hydrogen-bond acceptors (Lipinski definition) is 11. The Bertz CT molecular complexity index is 1460. The lowest BCUT2D eigenvalue weighted by molar-refractivity contribution is 0.120. The Morgan fingerprint density at radius 3 is 2.68 bits per heavy atom. The number of thiazole rings is 1. The number of aliphatic hydroxyl groups excluding tert-OH is 1. The summed E-state index contributed by atoms with van der Waals surface area (Å²) >= 11 is 1.45. The number of para-hydroxylation sites is 1. The lowest BCUT2D eigenvalue weighted by atomic mass is 10.1. The van der Waals surface area contributed by atoms with Crippen LogP contribution in [0.25, 0.3) is 10.2 Å². The second-order valence-electron chi connectivity index (χ2n) is 10.2. The summed E-state index contributed by atoms with van der Waals surface area (Å²) in [6.45, 7) is 6.63. The molecular formula is C29H34FN7O3S. The molecule has 2 fully saturated rings. The van der Waals surface area contributed by atoms with Crippen LogP contribution in [0.15, 0.2) is 48.5 Å². The number of halogens is 1. The molecule has 41 heavy (non-hydrogen) atoms. The molecule has 0 radical (unpaired) electrons. The Balaban J connectivity index is 1.21. The van der Waals surface area contributed by atoms with Crippen LogP contribution in [-0.4, -0.2) is 77.1 Å². The summed E-state index contributed by atoms with van der Waals surface area (Å²) in [5.74, 6) is 2.06. The summed E-state index contributed by atoms with van der Waals surface area (Å²) in [6, 6.07) is 14.6. The standard InChI is InChI=1S/C29H34FN7O3S/c1-19(20-7-9-21(30)10-8-20)36-11-13-37(14-12-36)25-16-26(34-28(33-25)31-17-22-4-3-15-39-22)40-23-5-2-6-24-27(23)35-29(41-24)32-18-38/h2,5-10,16,19,22,38H,3-4,11-15,17-18H2,1H3,(H,32,35)(H,31,33,34)/t19-,22?/m1/s1. The zero-order valence-corrected chi connectivity index (χ0v) is 23.7. The van der Waals surface area contributed by atoms with Gasteiger partial charge in [0.1, 0.15) is 23.9 Å². The molecule has 6 rings (SSSR count). The fourth-order valence-electron chi connectivity index (χ4n) is 5.27. The van der Waals surface area contributed by atoms with Crippen LogP contribution in [0.1, 0.15) is 31.4 Å². The van der Waals surface area contributed by atoms with Crippen LogP contribution in [0.2, 0.25) is 0 Å². The first-order valence-corrected chi connectivity index (χ1v) is 14.8. The Labute approximate surface area is 242 Å². The lowest BCUT2D eigenvalue weighted by Gasteiger charge is -2.38. The van der Waals surface area contributed by atoms with E-state index in [4.69, 9.17) is 14.5 Å².